The van der Waals surface area contributed by atoms with E-state index in [2.05, 4.69) is 33.8 Å². The van der Waals surface area contributed by atoms with Gasteiger partial charge in [-0.25, -0.2) is 13.8 Å². The molecule has 0 saturated carbocycles. The summed E-state index contributed by atoms with van der Waals surface area (Å²) in [6.45, 7) is 15.7. The van der Waals surface area contributed by atoms with Crippen molar-refractivity contribution in [2.45, 2.75) is 73.8 Å². The van der Waals surface area contributed by atoms with Crippen LogP contribution in [-0.4, -0.2) is 34.5 Å². The second-order valence-corrected chi connectivity index (χ2v) is 9.24. The van der Waals surface area contributed by atoms with Crippen LogP contribution in [0.1, 0.15) is 77.6 Å². The van der Waals surface area contributed by atoms with Crippen molar-refractivity contribution in [2.24, 2.45) is 0 Å². The molecular formula is C26H40F2N4O2S2. The van der Waals surface area contributed by atoms with Gasteiger partial charge in [0.1, 0.15) is 34.1 Å². The number of halogens is 2. The van der Waals surface area contributed by atoms with Gasteiger partial charge in [0.25, 0.3) is 5.91 Å². The van der Waals surface area contributed by atoms with Crippen molar-refractivity contribution in [2.75, 3.05) is 18.4 Å². The van der Waals surface area contributed by atoms with Gasteiger partial charge in [-0.05, 0) is 45.0 Å². The number of hydrogen-bond acceptors (Lipinski definition) is 7. The van der Waals surface area contributed by atoms with Crippen LogP contribution < -0.4 is 15.4 Å². The number of carbonyl (C=O) groups is 1. The molecule has 0 aliphatic carbocycles. The number of amides is 1. The molecule has 4 rings (SSSR count). The van der Waals surface area contributed by atoms with Crippen molar-refractivity contribution in [3.63, 3.8) is 0 Å². The van der Waals surface area contributed by atoms with Crippen LogP contribution >= 0.6 is 22.9 Å². The van der Waals surface area contributed by atoms with E-state index < -0.39 is 17.5 Å². The minimum Gasteiger partial charge on any atom is -0.478 e. The fourth-order valence-corrected chi connectivity index (χ4v) is 4.65. The third kappa shape index (κ3) is 8.90. The van der Waals surface area contributed by atoms with Crippen LogP contribution in [0.15, 0.2) is 24.4 Å². The van der Waals surface area contributed by atoms with Crippen LogP contribution in [-0.2, 0) is 0 Å². The molecule has 202 valence electrons. The maximum absolute atomic E-state index is 14.1. The second kappa shape index (κ2) is 17.1. The normalized spacial score (nSPS) is 12.7. The Bertz CT molecular complexity index is 1040. The summed E-state index contributed by atoms with van der Waals surface area (Å²) in [5.74, 6) is -1.91. The largest absolute Gasteiger partial charge is 0.478 e. The molecule has 1 saturated heterocycles. The number of thiazole rings is 1. The van der Waals surface area contributed by atoms with Crippen molar-refractivity contribution in [1.82, 2.24) is 14.7 Å². The van der Waals surface area contributed by atoms with E-state index in [9.17, 15) is 13.6 Å². The smallest absolute Gasteiger partial charge is 0.275 e. The Hall–Kier alpha value is -2.43. The van der Waals surface area contributed by atoms with Crippen LogP contribution in [0.2, 0.25) is 0 Å². The summed E-state index contributed by atoms with van der Waals surface area (Å²) in [5, 5.41) is 6.69. The Labute approximate surface area is 223 Å². The van der Waals surface area contributed by atoms with E-state index in [4.69, 9.17) is 4.74 Å². The van der Waals surface area contributed by atoms with Crippen molar-refractivity contribution in [3.8, 4) is 15.6 Å². The number of ether oxygens (including phenoxy) is 1. The molecule has 2 N–H and O–H groups in total. The van der Waals surface area contributed by atoms with Gasteiger partial charge in [0, 0.05) is 17.8 Å². The van der Waals surface area contributed by atoms with Gasteiger partial charge >= 0.3 is 0 Å². The van der Waals surface area contributed by atoms with Gasteiger partial charge in [-0.15, -0.1) is 11.3 Å². The summed E-state index contributed by atoms with van der Waals surface area (Å²) in [6, 6.07) is 3.61. The molecule has 0 spiro atoms. The average Bonchev–Trinajstić information content (AvgIpc) is 3.48. The highest BCUT2D eigenvalue weighted by Crippen LogP contribution is 2.34. The number of anilines is 1. The standard InChI is InChI=1S/C19H18F2N4O2S2.C3H8.2C2H6.H2/c1-10-16(25-18(28-10)15-12(20)3-2-4-13(15)21)17(26)24-14-9-23-29-19(14)27-11-5-7-22-8-6-11;1-3-2;2*1-2;/h2-4,9,11,22H,5-8H2,1H3,(H,24,26);3H2,1-2H3;2*1-2H3;1H. The number of aromatic nitrogens is 2. The third-order valence-corrected chi connectivity index (χ3v) is 6.21. The number of carbonyl (C=O) groups excluding carboxylic acids is 1. The minimum atomic E-state index is -0.717. The minimum absolute atomic E-state index is 0. The van der Waals surface area contributed by atoms with Gasteiger partial charge < -0.3 is 15.4 Å². The van der Waals surface area contributed by atoms with Gasteiger partial charge in [-0.3, -0.25) is 4.79 Å². The summed E-state index contributed by atoms with van der Waals surface area (Å²) in [5.41, 5.74) is 0.350. The molecule has 1 aliphatic heterocycles. The summed E-state index contributed by atoms with van der Waals surface area (Å²) in [4.78, 5) is 17.5. The molecule has 0 atom stereocenters. The Morgan fingerprint density at radius 3 is 2.33 bits per heavy atom. The number of rotatable bonds is 5. The van der Waals surface area contributed by atoms with Crippen molar-refractivity contribution in [1.29, 1.82) is 0 Å². The lowest BCUT2D eigenvalue weighted by molar-refractivity contribution is 0.102. The molecule has 2 aromatic heterocycles. The monoisotopic (exact) mass is 542 g/mol. The summed E-state index contributed by atoms with van der Waals surface area (Å²) >= 11 is 2.23. The highest BCUT2D eigenvalue weighted by Gasteiger charge is 2.23. The molecule has 0 unspecified atom stereocenters. The van der Waals surface area contributed by atoms with Crippen LogP contribution in [0.3, 0.4) is 0 Å². The van der Waals surface area contributed by atoms with Crippen LogP contribution in [0.5, 0.6) is 5.06 Å². The first-order valence-electron chi connectivity index (χ1n) is 12.5. The topological polar surface area (TPSA) is 76.1 Å². The summed E-state index contributed by atoms with van der Waals surface area (Å²) < 4.78 is 38.2. The first kappa shape index (κ1) is 31.6. The zero-order valence-corrected chi connectivity index (χ0v) is 23.8. The van der Waals surface area contributed by atoms with Gasteiger partial charge in [0.2, 0.25) is 5.06 Å². The van der Waals surface area contributed by atoms with E-state index in [1.165, 1.54) is 30.2 Å². The second-order valence-electron chi connectivity index (χ2n) is 7.28. The number of nitrogens with zero attached hydrogens (tertiary/aromatic N) is 2. The van der Waals surface area contributed by atoms with Crippen molar-refractivity contribution < 1.29 is 19.7 Å². The van der Waals surface area contributed by atoms with Crippen molar-refractivity contribution >= 4 is 34.5 Å². The molecule has 1 aliphatic rings. The lowest BCUT2D eigenvalue weighted by Crippen LogP contribution is -2.34. The van der Waals surface area contributed by atoms with Gasteiger partial charge in [0.15, 0.2) is 0 Å². The predicted octanol–water partition coefficient (Wildman–Crippen LogP) is 7.95. The number of piperidine rings is 1. The number of benzene rings is 1. The van der Waals surface area contributed by atoms with Crippen LogP contribution in [0.4, 0.5) is 14.5 Å². The molecule has 36 heavy (non-hydrogen) atoms. The average molecular weight is 543 g/mol. The first-order valence-corrected chi connectivity index (χ1v) is 14.1. The van der Waals surface area contributed by atoms with E-state index in [0.29, 0.717) is 15.6 Å². The lowest BCUT2D eigenvalue weighted by atomic mass is 10.1. The van der Waals surface area contributed by atoms with E-state index in [1.807, 2.05) is 27.7 Å². The SMILES string of the molecule is CC.CC.CCC.Cc1sc(-c2c(F)cccc2F)nc1C(=O)Nc1cnsc1OC1CCNCC1.[HH]. The summed E-state index contributed by atoms with van der Waals surface area (Å²) in [6.07, 6.45) is 4.62. The van der Waals surface area contributed by atoms with Gasteiger partial charge in [-0.2, -0.15) is 4.37 Å². The molecule has 0 bridgehead atoms. The number of aryl methyl sites for hydroxylation is 1. The van der Waals surface area contributed by atoms with Gasteiger partial charge in [0.05, 0.1) is 11.8 Å². The fourth-order valence-electron chi connectivity index (χ4n) is 3.06. The Morgan fingerprint density at radius 2 is 1.75 bits per heavy atom. The zero-order chi connectivity index (χ0) is 27.1. The molecule has 3 heterocycles. The molecular weight excluding hydrogens is 502 g/mol. The Kier molecular flexibility index (Phi) is 15.0. The first-order chi connectivity index (χ1) is 17.4. The molecule has 3 aromatic rings. The van der Waals surface area contributed by atoms with E-state index in [0.717, 1.165) is 49.4 Å². The quantitative estimate of drug-likeness (QED) is 0.342. The summed E-state index contributed by atoms with van der Waals surface area (Å²) in [7, 11) is 0. The van der Waals surface area contributed by atoms with Crippen LogP contribution in [0, 0.1) is 18.6 Å². The van der Waals surface area contributed by atoms with Gasteiger partial charge in [-0.1, -0.05) is 54.0 Å². The highest BCUT2D eigenvalue weighted by atomic mass is 32.1. The maximum Gasteiger partial charge on any atom is 0.275 e. The lowest BCUT2D eigenvalue weighted by Gasteiger charge is -2.23. The number of nitrogens with one attached hydrogen (secondary N) is 2. The molecule has 1 aromatic carbocycles. The van der Waals surface area contributed by atoms with Crippen molar-refractivity contribution in [3.05, 3.63) is 46.6 Å². The fraction of sp³-hybridized carbons (Fsp3) is 0.500. The zero-order valence-electron chi connectivity index (χ0n) is 22.2. The Balaban J connectivity index is 0.00000148. The highest BCUT2D eigenvalue weighted by molar-refractivity contribution is 7.15. The van der Waals surface area contributed by atoms with E-state index in [1.54, 1.807) is 6.92 Å². The maximum atomic E-state index is 14.1. The molecule has 1 fully saturated rings. The van der Waals surface area contributed by atoms with E-state index in [-0.39, 0.29) is 23.8 Å². The van der Waals surface area contributed by atoms with E-state index >= 15 is 0 Å². The molecule has 1 amide bonds. The third-order valence-electron chi connectivity index (χ3n) is 4.53. The molecule has 6 nitrogen and oxygen atoms in total. The predicted molar refractivity (Wildman–Crippen MR) is 150 cm³/mol. The molecule has 0 radical (unpaired) electrons. The molecule has 10 heteroatoms. The Morgan fingerprint density at radius 1 is 1.17 bits per heavy atom. The van der Waals surface area contributed by atoms with Crippen LogP contribution in [0.25, 0.3) is 10.6 Å². The number of hydrogen-bond donors (Lipinski definition) is 2.